The predicted molar refractivity (Wildman–Crippen MR) is 88.9 cm³/mol. The Bertz CT molecular complexity index is 354. The molecule has 1 N–H and O–H groups in total. The van der Waals surface area contributed by atoms with E-state index in [2.05, 4.69) is 65.1 Å². The SMILES string of the molecule is CCCCN(CCNc1ccccc1Br)C(C)CC. The summed E-state index contributed by atoms with van der Waals surface area (Å²) >= 11 is 3.57. The van der Waals surface area contributed by atoms with Crippen molar-refractivity contribution < 1.29 is 0 Å². The molecule has 0 fully saturated rings. The van der Waals surface area contributed by atoms with Gasteiger partial charge in [0, 0.05) is 29.3 Å². The fourth-order valence-electron chi connectivity index (χ4n) is 2.11. The number of halogens is 1. The van der Waals surface area contributed by atoms with Gasteiger partial charge in [0.25, 0.3) is 0 Å². The van der Waals surface area contributed by atoms with E-state index in [1.165, 1.54) is 31.5 Å². The van der Waals surface area contributed by atoms with Gasteiger partial charge in [-0.15, -0.1) is 0 Å². The van der Waals surface area contributed by atoms with Crippen molar-refractivity contribution in [3.8, 4) is 0 Å². The molecular weight excluding hydrogens is 300 g/mol. The van der Waals surface area contributed by atoms with Crippen molar-refractivity contribution >= 4 is 21.6 Å². The summed E-state index contributed by atoms with van der Waals surface area (Å²) in [6, 6.07) is 8.97. The van der Waals surface area contributed by atoms with Gasteiger partial charge in [0.05, 0.1) is 0 Å². The third-order valence-electron chi connectivity index (χ3n) is 3.60. The van der Waals surface area contributed by atoms with Crippen molar-refractivity contribution in [2.24, 2.45) is 0 Å². The van der Waals surface area contributed by atoms with E-state index in [0.717, 1.165) is 17.6 Å². The number of unbranched alkanes of at least 4 members (excludes halogenated alkanes) is 1. The molecule has 3 heteroatoms. The number of nitrogens with zero attached hydrogens (tertiary/aromatic N) is 1. The van der Waals surface area contributed by atoms with Crippen molar-refractivity contribution in [3.63, 3.8) is 0 Å². The van der Waals surface area contributed by atoms with Gasteiger partial charge in [0.1, 0.15) is 0 Å². The Labute approximate surface area is 126 Å². The second-order valence-corrected chi connectivity index (χ2v) is 5.91. The standard InChI is InChI=1S/C16H27BrN2/c1-4-6-12-19(14(3)5-2)13-11-18-16-10-8-7-9-15(16)17/h7-10,14,18H,4-6,11-13H2,1-3H3. The Hall–Kier alpha value is -0.540. The molecule has 1 rings (SSSR count). The van der Waals surface area contributed by atoms with Crippen molar-refractivity contribution in [2.75, 3.05) is 25.0 Å². The third kappa shape index (κ3) is 5.96. The van der Waals surface area contributed by atoms with Crippen molar-refractivity contribution in [3.05, 3.63) is 28.7 Å². The minimum Gasteiger partial charge on any atom is -0.383 e. The predicted octanol–water partition coefficient (Wildman–Crippen LogP) is 4.76. The molecule has 0 bridgehead atoms. The van der Waals surface area contributed by atoms with Gasteiger partial charge >= 0.3 is 0 Å². The van der Waals surface area contributed by atoms with E-state index in [9.17, 15) is 0 Å². The van der Waals surface area contributed by atoms with E-state index >= 15 is 0 Å². The molecule has 0 radical (unpaired) electrons. The number of anilines is 1. The van der Waals surface area contributed by atoms with E-state index in [4.69, 9.17) is 0 Å². The highest BCUT2D eigenvalue weighted by Gasteiger charge is 2.10. The van der Waals surface area contributed by atoms with Gasteiger partial charge < -0.3 is 5.32 Å². The summed E-state index contributed by atoms with van der Waals surface area (Å²) in [5.74, 6) is 0. The van der Waals surface area contributed by atoms with Gasteiger partial charge in [0.2, 0.25) is 0 Å². The second kappa shape index (κ2) is 9.38. The highest BCUT2D eigenvalue weighted by molar-refractivity contribution is 9.10. The maximum absolute atomic E-state index is 3.57. The molecule has 1 aromatic carbocycles. The molecule has 0 spiro atoms. The summed E-state index contributed by atoms with van der Waals surface area (Å²) in [5, 5.41) is 3.51. The van der Waals surface area contributed by atoms with Crippen LogP contribution in [0.25, 0.3) is 0 Å². The monoisotopic (exact) mass is 326 g/mol. The zero-order chi connectivity index (χ0) is 14.1. The molecule has 0 aliphatic heterocycles. The van der Waals surface area contributed by atoms with Gasteiger partial charge in [-0.05, 0) is 54.4 Å². The zero-order valence-electron chi connectivity index (χ0n) is 12.5. The molecule has 1 aromatic rings. The van der Waals surface area contributed by atoms with Crippen LogP contribution in [-0.4, -0.2) is 30.6 Å². The third-order valence-corrected chi connectivity index (χ3v) is 4.29. The first-order valence-corrected chi connectivity index (χ1v) is 8.20. The van der Waals surface area contributed by atoms with E-state index in [-0.39, 0.29) is 0 Å². The summed E-state index contributed by atoms with van der Waals surface area (Å²) in [4.78, 5) is 2.59. The number of benzene rings is 1. The number of rotatable bonds is 9. The first-order chi connectivity index (χ1) is 9.19. The van der Waals surface area contributed by atoms with Crippen LogP contribution in [0.5, 0.6) is 0 Å². The van der Waals surface area contributed by atoms with E-state index in [0.29, 0.717) is 6.04 Å². The molecule has 0 saturated heterocycles. The van der Waals surface area contributed by atoms with Crippen LogP contribution in [0.2, 0.25) is 0 Å². The molecule has 19 heavy (non-hydrogen) atoms. The summed E-state index contributed by atoms with van der Waals surface area (Å²) in [5.41, 5.74) is 1.18. The molecule has 0 aliphatic carbocycles. The smallest absolute Gasteiger partial charge is 0.0485 e. The van der Waals surface area contributed by atoms with Gasteiger partial charge in [0.15, 0.2) is 0 Å². The van der Waals surface area contributed by atoms with Gasteiger partial charge in [-0.1, -0.05) is 32.4 Å². The molecule has 0 heterocycles. The Kier molecular flexibility index (Phi) is 8.15. The first-order valence-electron chi connectivity index (χ1n) is 7.41. The summed E-state index contributed by atoms with van der Waals surface area (Å²) < 4.78 is 1.14. The molecule has 0 saturated carbocycles. The highest BCUT2D eigenvalue weighted by Crippen LogP contribution is 2.20. The number of nitrogens with one attached hydrogen (secondary N) is 1. The number of hydrogen-bond acceptors (Lipinski definition) is 2. The van der Waals surface area contributed by atoms with Gasteiger partial charge in [-0.2, -0.15) is 0 Å². The van der Waals surface area contributed by atoms with Crippen molar-refractivity contribution in [1.29, 1.82) is 0 Å². The van der Waals surface area contributed by atoms with Crippen LogP contribution in [0, 0.1) is 0 Å². The fraction of sp³-hybridized carbons (Fsp3) is 0.625. The largest absolute Gasteiger partial charge is 0.383 e. The van der Waals surface area contributed by atoms with Crippen LogP contribution < -0.4 is 5.32 Å². The average molecular weight is 327 g/mol. The topological polar surface area (TPSA) is 15.3 Å². The molecule has 1 unspecified atom stereocenters. The minimum atomic E-state index is 0.674. The first kappa shape index (κ1) is 16.5. The summed E-state index contributed by atoms with van der Waals surface area (Å²) in [6.45, 7) is 10.2. The van der Waals surface area contributed by atoms with Crippen LogP contribution in [0.3, 0.4) is 0 Å². The van der Waals surface area contributed by atoms with Crippen LogP contribution in [0.4, 0.5) is 5.69 Å². The maximum Gasteiger partial charge on any atom is 0.0485 e. The molecule has 2 nitrogen and oxygen atoms in total. The molecule has 1 atom stereocenters. The average Bonchev–Trinajstić information content (AvgIpc) is 2.43. The maximum atomic E-state index is 3.57. The van der Waals surface area contributed by atoms with Crippen molar-refractivity contribution in [2.45, 2.75) is 46.1 Å². The number of hydrogen-bond donors (Lipinski definition) is 1. The Morgan fingerprint density at radius 2 is 1.95 bits per heavy atom. The van der Waals surface area contributed by atoms with Crippen LogP contribution in [-0.2, 0) is 0 Å². The fourth-order valence-corrected chi connectivity index (χ4v) is 2.54. The molecule has 0 aliphatic rings. The van der Waals surface area contributed by atoms with Crippen molar-refractivity contribution in [1.82, 2.24) is 4.90 Å². The van der Waals surface area contributed by atoms with E-state index in [1.54, 1.807) is 0 Å². The lowest BCUT2D eigenvalue weighted by Crippen LogP contribution is -2.37. The second-order valence-electron chi connectivity index (χ2n) is 5.05. The quantitative estimate of drug-likeness (QED) is 0.703. The van der Waals surface area contributed by atoms with Gasteiger partial charge in [-0.3, -0.25) is 4.90 Å². The van der Waals surface area contributed by atoms with Gasteiger partial charge in [-0.25, -0.2) is 0 Å². The van der Waals surface area contributed by atoms with Crippen LogP contribution >= 0.6 is 15.9 Å². The van der Waals surface area contributed by atoms with Crippen LogP contribution in [0.15, 0.2) is 28.7 Å². The molecule has 0 aromatic heterocycles. The summed E-state index contributed by atoms with van der Waals surface area (Å²) in [6.07, 6.45) is 3.78. The highest BCUT2D eigenvalue weighted by atomic mass is 79.9. The minimum absolute atomic E-state index is 0.674. The van der Waals surface area contributed by atoms with E-state index in [1.807, 2.05) is 6.07 Å². The lowest BCUT2D eigenvalue weighted by Gasteiger charge is -2.28. The lowest BCUT2D eigenvalue weighted by atomic mass is 10.2. The van der Waals surface area contributed by atoms with E-state index < -0.39 is 0 Å². The van der Waals surface area contributed by atoms with Crippen LogP contribution in [0.1, 0.15) is 40.0 Å². The zero-order valence-corrected chi connectivity index (χ0v) is 14.0. The Morgan fingerprint density at radius 3 is 2.58 bits per heavy atom. The molecule has 0 amide bonds. The number of para-hydroxylation sites is 1. The molecule has 108 valence electrons. The lowest BCUT2D eigenvalue weighted by molar-refractivity contribution is 0.208. The Morgan fingerprint density at radius 1 is 1.21 bits per heavy atom. The summed E-state index contributed by atoms with van der Waals surface area (Å²) in [7, 11) is 0. The molecular formula is C16H27BrN2. The normalized spacial score (nSPS) is 12.7. The Balaban J connectivity index is 2.41.